The maximum Gasteiger partial charge on any atom is 0.339 e. The van der Waals surface area contributed by atoms with Crippen molar-refractivity contribution < 1.29 is 28.6 Å². The number of rotatable bonds is 6. The topological polar surface area (TPSA) is 90.9 Å². The van der Waals surface area contributed by atoms with Gasteiger partial charge in [0, 0.05) is 0 Å². The van der Waals surface area contributed by atoms with E-state index in [1.165, 1.54) is 32.4 Å². The van der Waals surface area contributed by atoms with Gasteiger partial charge in [-0.05, 0) is 43.7 Å². The maximum atomic E-state index is 12.5. The molecule has 0 spiro atoms. The summed E-state index contributed by atoms with van der Waals surface area (Å²) in [6.07, 6.45) is -0.835. The van der Waals surface area contributed by atoms with Crippen LogP contribution in [0.25, 0.3) is 0 Å². The van der Waals surface area contributed by atoms with Gasteiger partial charge in [-0.1, -0.05) is 18.2 Å². The van der Waals surface area contributed by atoms with Crippen molar-refractivity contribution in [3.8, 4) is 5.75 Å². The molecule has 1 amide bonds. The number of amides is 1. The van der Waals surface area contributed by atoms with E-state index in [1.807, 2.05) is 25.1 Å². The molecule has 142 valence electrons. The van der Waals surface area contributed by atoms with Gasteiger partial charge >= 0.3 is 11.9 Å². The Labute approximate surface area is 157 Å². The lowest BCUT2D eigenvalue weighted by molar-refractivity contribution is -0.122. The molecule has 0 aromatic heterocycles. The molecule has 7 heteroatoms. The van der Waals surface area contributed by atoms with Crippen LogP contribution >= 0.6 is 0 Å². The van der Waals surface area contributed by atoms with E-state index in [-0.39, 0.29) is 16.8 Å². The largest absolute Gasteiger partial charge is 0.481 e. The summed E-state index contributed by atoms with van der Waals surface area (Å²) < 4.78 is 15.1. The second kappa shape index (κ2) is 8.84. The first-order valence-electron chi connectivity index (χ1n) is 8.21. The first-order chi connectivity index (χ1) is 12.9. The van der Waals surface area contributed by atoms with Gasteiger partial charge in [0.2, 0.25) is 0 Å². The summed E-state index contributed by atoms with van der Waals surface area (Å²) >= 11 is 0. The molecule has 1 unspecified atom stereocenters. The van der Waals surface area contributed by atoms with E-state index < -0.39 is 23.9 Å². The summed E-state index contributed by atoms with van der Waals surface area (Å²) in [5, 5.41) is 2.61. The van der Waals surface area contributed by atoms with E-state index in [0.29, 0.717) is 5.75 Å². The molecule has 0 heterocycles. The molecule has 0 aliphatic carbocycles. The highest BCUT2D eigenvalue weighted by Crippen LogP contribution is 2.22. The summed E-state index contributed by atoms with van der Waals surface area (Å²) in [5.41, 5.74) is 1.32. The van der Waals surface area contributed by atoms with Crippen molar-refractivity contribution in [2.75, 3.05) is 19.5 Å². The Morgan fingerprint density at radius 2 is 1.63 bits per heavy atom. The van der Waals surface area contributed by atoms with Crippen molar-refractivity contribution in [2.24, 2.45) is 0 Å². The fourth-order valence-corrected chi connectivity index (χ4v) is 2.35. The van der Waals surface area contributed by atoms with E-state index in [9.17, 15) is 14.4 Å². The van der Waals surface area contributed by atoms with Crippen LogP contribution in [0.2, 0.25) is 0 Å². The summed E-state index contributed by atoms with van der Waals surface area (Å²) in [7, 11) is 2.47. The first-order valence-corrected chi connectivity index (χ1v) is 8.21. The summed E-state index contributed by atoms with van der Waals surface area (Å²) in [4.78, 5) is 36.2. The number of carbonyl (C=O) groups is 3. The number of aryl methyl sites for hydroxylation is 1. The molecule has 1 N–H and O–H groups in total. The van der Waals surface area contributed by atoms with E-state index in [2.05, 4.69) is 10.1 Å². The molecule has 27 heavy (non-hydrogen) atoms. The fourth-order valence-electron chi connectivity index (χ4n) is 2.35. The lowest BCUT2D eigenvalue weighted by Crippen LogP contribution is -2.31. The van der Waals surface area contributed by atoms with E-state index in [4.69, 9.17) is 9.47 Å². The van der Waals surface area contributed by atoms with Crippen LogP contribution in [0, 0.1) is 6.92 Å². The monoisotopic (exact) mass is 371 g/mol. The number of carbonyl (C=O) groups excluding carboxylic acids is 3. The predicted octanol–water partition coefficient (Wildman–Crippen LogP) is 2.97. The van der Waals surface area contributed by atoms with Crippen LogP contribution in [0.3, 0.4) is 0 Å². The van der Waals surface area contributed by atoms with Gasteiger partial charge in [-0.3, -0.25) is 4.79 Å². The van der Waals surface area contributed by atoms with E-state index in [0.717, 1.165) is 5.56 Å². The third kappa shape index (κ3) is 4.84. The zero-order chi connectivity index (χ0) is 20.0. The Hall–Kier alpha value is -3.35. The molecule has 0 saturated heterocycles. The SMILES string of the molecule is COC(=O)c1ccc(C(=O)OC)c(NC(=O)C(C)Oc2ccccc2C)c1. The van der Waals surface area contributed by atoms with Gasteiger partial charge < -0.3 is 19.5 Å². The molecule has 0 bridgehead atoms. The second-order valence-electron chi connectivity index (χ2n) is 5.76. The Kier molecular flexibility index (Phi) is 6.54. The Morgan fingerprint density at radius 1 is 0.963 bits per heavy atom. The molecule has 2 aromatic rings. The van der Waals surface area contributed by atoms with E-state index in [1.54, 1.807) is 13.0 Å². The smallest absolute Gasteiger partial charge is 0.339 e. The summed E-state index contributed by atoms with van der Waals surface area (Å²) in [6, 6.07) is 11.5. The van der Waals surface area contributed by atoms with Crippen molar-refractivity contribution >= 4 is 23.5 Å². The number of nitrogens with one attached hydrogen (secondary N) is 1. The number of anilines is 1. The maximum absolute atomic E-state index is 12.5. The number of para-hydroxylation sites is 1. The Morgan fingerprint density at radius 3 is 2.26 bits per heavy atom. The van der Waals surface area contributed by atoms with E-state index >= 15 is 0 Å². The Balaban J connectivity index is 2.25. The lowest BCUT2D eigenvalue weighted by atomic mass is 10.1. The third-order valence-electron chi connectivity index (χ3n) is 3.87. The minimum atomic E-state index is -0.835. The van der Waals surface area contributed by atoms with Gasteiger partial charge in [-0.2, -0.15) is 0 Å². The number of esters is 2. The number of methoxy groups -OCH3 is 2. The molecule has 0 aliphatic heterocycles. The highest BCUT2D eigenvalue weighted by molar-refractivity contribution is 6.04. The van der Waals surface area contributed by atoms with Crippen molar-refractivity contribution in [3.63, 3.8) is 0 Å². The highest BCUT2D eigenvalue weighted by atomic mass is 16.5. The fraction of sp³-hybridized carbons (Fsp3) is 0.250. The summed E-state index contributed by atoms with van der Waals surface area (Å²) in [6.45, 7) is 3.46. The summed E-state index contributed by atoms with van der Waals surface area (Å²) in [5.74, 6) is -1.14. The lowest BCUT2D eigenvalue weighted by Gasteiger charge is -2.17. The molecular weight excluding hydrogens is 350 g/mol. The molecule has 0 fully saturated rings. The predicted molar refractivity (Wildman–Crippen MR) is 99.0 cm³/mol. The van der Waals surface area contributed by atoms with Crippen LogP contribution in [0.1, 0.15) is 33.2 Å². The van der Waals surface area contributed by atoms with Gasteiger partial charge in [0.25, 0.3) is 5.91 Å². The van der Waals surface area contributed by atoms with Gasteiger partial charge in [-0.25, -0.2) is 9.59 Å². The van der Waals surface area contributed by atoms with Crippen molar-refractivity contribution in [3.05, 3.63) is 59.2 Å². The quantitative estimate of drug-likeness (QED) is 0.785. The van der Waals surface area contributed by atoms with Gasteiger partial charge in [0.15, 0.2) is 6.10 Å². The van der Waals surface area contributed by atoms with Crippen LogP contribution < -0.4 is 10.1 Å². The van der Waals surface area contributed by atoms with Crippen LogP contribution in [0.4, 0.5) is 5.69 Å². The van der Waals surface area contributed by atoms with Gasteiger partial charge in [-0.15, -0.1) is 0 Å². The van der Waals surface area contributed by atoms with Crippen molar-refractivity contribution in [2.45, 2.75) is 20.0 Å². The van der Waals surface area contributed by atoms with Crippen LogP contribution in [0.5, 0.6) is 5.75 Å². The number of ether oxygens (including phenoxy) is 3. The minimum absolute atomic E-state index is 0.113. The molecule has 0 radical (unpaired) electrons. The molecule has 7 nitrogen and oxygen atoms in total. The molecular formula is C20H21NO6. The average molecular weight is 371 g/mol. The minimum Gasteiger partial charge on any atom is -0.481 e. The van der Waals surface area contributed by atoms with Crippen LogP contribution in [-0.2, 0) is 14.3 Å². The van der Waals surface area contributed by atoms with Crippen molar-refractivity contribution in [1.82, 2.24) is 0 Å². The zero-order valence-corrected chi connectivity index (χ0v) is 15.6. The van der Waals surface area contributed by atoms with Gasteiger partial charge in [0.05, 0.1) is 31.0 Å². The molecule has 0 saturated carbocycles. The van der Waals surface area contributed by atoms with Crippen molar-refractivity contribution in [1.29, 1.82) is 0 Å². The molecule has 2 rings (SSSR count). The number of hydrogen-bond donors (Lipinski definition) is 1. The van der Waals surface area contributed by atoms with Gasteiger partial charge in [0.1, 0.15) is 5.75 Å². The zero-order valence-electron chi connectivity index (χ0n) is 15.6. The number of hydrogen-bond acceptors (Lipinski definition) is 6. The van der Waals surface area contributed by atoms with Crippen LogP contribution in [-0.4, -0.2) is 38.2 Å². The molecule has 1 atom stereocenters. The second-order valence-corrected chi connectivity index (χ2v) is 5.76. The normalized spacial score (nSPS) is 11.3. The Bertz CT molecular complexity index is 861. The molecule has 2 aromatic carbocycles. The molecule has 0 aliphatic rings. The third-order valence-corrected chi connectivity index (χ3v) is 3.87. The first kappa shape index (κ1) is 20.0. The van der Waals surface area contributed by atoms with Crippen LogP contribution in [0.15, 0.2) is 42.5 Å². The number of benzene rings is 2. The average Bonchev–Trinajstić information content (AvgIpc) is 2.68. The standard InChI is InChI=1S/C20H21NO6/c1-12-7-5-6-8-17(12)27-13(2)18(22)21-16-11-14(19(23)25-3)9-10-15(16)20(24)26-4/h5-11,13H,1-4H3,(H,21,22). The highest BCUT2D eigenvalue weighted by Gasteiger charge is 2.21.